The Morgan fingerprint density at radius 2 is 0.611 bits per heavy atom. The normalized spacial score (nSPS) is 14.8. The van der Waals surface area contributed by atoms with Crippen LogP contribution < -0.4 is 9.47 Å². The Morgan fingerprint density at radius 3 is 0.889 bits per heavy atom. The van der Waals surface area contributed by atoms with Crippen molar-refractivity contribution in [2.24, 2.45) is 0 Å². The van der Waals surface area contributed by atoms with Crippen LogP contribution in [0.5, 0.6) is 23.0 Å². The average Bonchev–Trinajstić information content (AvgIpc) is 3.05. The van der Waals surface area contributed by atoms with Crippen LogP contribution in [-0.4, -0.2) is 24.4 Å². The zero-order chi connectivity index (χ0) is 40.0. The van der Waals surface area contributed by atoms with Gasteiger partial charge in [-0.05, 0) is 127 Å². The zero-order valence-electron chi connectivity index (χ0n) is 36.0. The first-order chi connectivity index (χ1) is 25.0. The van der Waals surface area contributed by atoms with Crippen molar-refractivity contribution in [3.63, 3.8) is 0 Å². The summed E-state index contributed by atoms with van der Waals surface area (Å²) in [6.45, 7) is 27.0. The minimum absolute atomic E-state index is 0.0581. The maximum absolute atomic E-state index is 12.0. The van der Waals surface area contributed by atoms with Crippen molar-refractivity contribution in [1.29, 1.82) is 0 Å². The number of ether oxygens (including phenoxy) is 2. The van der Waals surface area contributed by atoms with Crippen molar-refractivity contribution in [2.45, 2.75) is 156 Å². The van der Waals surface area contributed by atoms with Gasteiger partial charge in [0, 0.05) is 12.8 Å². The fourth-order valence-corrected chi connectivity index (χ4v) is 7.92. The molecule has 0 unspecified atom stereocenters. The van der Waals surface area contributed by atoms with Crippen LogP contribution in [0.3, 0.4) is 0 Å². The number of hydrogen-bond donors (Lipinski definition) is 2. The molecule has 0 aliphatic heterocycles. The van der Waals surface area contributed by atoms with E-state index in [0.29, 0.717) is 37.2 Å². The minimum Gasteiger partial charge on any atom is -0.507 e. The first kappa shape index (κ1) is 41.2. The first-order valence-electron chi connectivity index (χ1n) is 20.1. The molecule has 2 N–H and O–H groups in total. The molecule has 292 valence electrons. The summed E-state index contributed by atoms with van der Waals surface area (Å²) in [4.78, 5) is 0. The molecule has 0 fully saturated rings. The maximum atomic E-state index is 12.0. The number of methoxy groups -OCH3 is 2. The third-order valence-electron chi connectivity index (χ3n) is 11.4. The molecular formula is C50H68O4. The summed E-state index contributed by atoms with van der Waals surface area (Å²) in [5.74, 6) is 2.57. The SMILES string of the molecule is COc1c2cc(C(C)(C)C)cc1Cc1cc(C(C)(C)C)cc(c1O)CCCc1cc(C(C)(C)C)cc(c1O)Cc1cc(C(C)(C)C)cc(c1OC)CCC2. The molecule has 0 saturated carbocycles. The topological polar surface area (TPSA) is 58.9 Å². The predicted molar refractivity (Wildman–Crippen MR) is 227 cm³/mol. The summed E-state index contributed by atoms with van der Waals surface area (Å²) in [6, 6.07) is 18.0. The highest BCUT2D eigenvalue weighted by Crippen LogP contribution is 2.41. The lowest BCUT2D eigenvalue weighted by Gasteiger charge is -2.26. The van der Waals surface area contributed by atoms with Crippen LogP contribution in [0.15, 0.2) is 48.5 Å². The van der Waals surface area contributed by atoms with Crippen molar-refractivity contribution >= 4 is 0 Å². The molecule has 1 aliphatic rings. The summed E-state index contributed by atoms with van der Waals surface area (Å²) >= 11 is 0. The smallest absolute Gasteiger partial charge is 0.125 e. The lowest BCUT2D eigenvalue weighted by Crippen LogP contribution is -2.15. The third kappa shape index (κ3) is 9.12. The second-order valence-electron chi connectivity index (χ2n) is 20.0. The summed E-state index contributed by atoms with van der Waals surface area (Å²) in [7, 11) is 3.57. The lowest BCUT2D eigenvalue weighted by molar-refractivity contribution is 0.401. The number of rotatable bonds is 2. The Labute approximate surface area is 327 Å². The van der Waals surface area contributed by atoms with Crippen molar-refractivity contribution in [3.05, 3.63) is 115 Å². The van der Waals surface area contributed by atoms with Gasteiger partial charge >= 0.3 is 0 Å². The summed E-state index contributed by atoms with van der Waals surface area (Å²) in [5, 5.41) is 23.9. The quantitative estimate of drug-likeness (QED) is 0.215. The summed E-state index contributed by atoms with van der Waals surface area (Å²) in [5.41, 5.74) is 13.0. The molecule has 0 atom stereocenters. The molecular weight excluding hydrogens is 665 g/mol. The number of phenolic OH excluding ortho intramolecular Hbond substituents is 2. The van der Waals surface area contributed by atoms with Gasteiger partial charge in [-0.25, -0.2) is 0 Å². The second kappa shape index (κ2) is 15.3. The van der Waals surface area contributed by atoms with E-state index in [1.54, 1.807) is 14.2 Å². The molecule has 0 saturated heterocycles. The molecule has 1 aliphatic carbocycles. The molecule has 0 spiro atoms. The summed E-state index contributed by atoms with van der Waals surface area (Å²) < 4.78 is 12.5. The predicted octanol–water partition coefficient (Wildman–Crippen LogP) is 12.2. The van der Waals surface area contributed by atoms with Crippen LogP contribution in [0.25, 0.3) is 0 Å². The number of phenols is 2. The van der Waals surface area contributed by atoms with Crippen molar-refractivity contribution in [2.75, 3.05) is 14.2 Å². The highest BCUT2D eigenvalue weighted by molar-refractivity contribution is 5.55. The lowest BCUT2D eigenvalue weighted by atomic mass is 9.80. The third-order valence-corrected chi connectivity index (χ3v) is 11.4. The highest BCUT2D eigenvalue weighted by Gasteiger charge is 2.26. The molecule has 8 bridgehead atoms. The second-order valence-corrected chi connectivity index (χ2v) is 20.0. The molecule has 4 heteroatoms. The Morgan fingerprint density at radius 1 is 0.370 bits per heavy atom. The van der Waals surface area contributed by atoms with Gasteiger partial charge < -0.3 is 19.7 Å². The van der Waals surface area contributed by atoms with Gasteiger partial charge in [0.2, 0.25) is 0 Å². The van der Waals surface area contributed by atoms with E-state index >= 15 is 0 Å². The maximum Gasteiger partial charge on any atom is 0.125 e. The summed E-state index contributed by atoms with van der Waals surface area (Å²) in [6.07, 6.45) is 5.94. The van der Waals surface area contributed by atoms with Gasteiger partial charge in [-0.1, -0.05) is 132 Å². The first-order valence-corrected chi connectivity index (χ1v) is 20.1. The van der Waals surface area contributed by atoms with Crippen molar-refractivity contribution < 1.29 is 19.7 Å². The fourth-order valence-electron chi connectivity index (χ4n) is 7.92. The molecule has 54 heavy (non-hydrogen) atoms. The number of aryl methyl sites for hydroxylation is 4. The van der Waals surface area contributed by atoms with Crippen molar-refractivity contribution in [1.82, 2.24) is 0 Å². The standard InChI is InChI=1S/C50H68O4/c1-47(2,3)39-23-31-17-15-18-32-24-40(48(4,5)6)28-36(44(32)52)22-38-30-42(50(10,11)12)26-34(46(38)54-14)20-16-19-33-25-41(49(7,8)9)29-37(45(33)53-13)21-35(27-39)43(31)51/h23-30,51-52H,15-22H2,1-14H3. The van der Waals surface area contributed by atoms with Crippen LogP contribution in [-0.2, 0) is 60.2 Å². The number of hydrogen-bond acceptors (Lipinski definition) is 4. The van der Waals surface area contributed by atoms with Crippen LogP contribution in [0.2, 0.25) is 0 Å². The van der Waals surface area contributed by atoms with Crippen LogP contribution in [0, 0.1) is 0 Å². The van der Waals surface area contributed by atoms with E-state index in [9.17, 15) is 10.2 Å². The van der Waals surface area contributed by atoms with E-state index in [1.165, 1.54) is 33.4 Å². The van der Waals surface area contributed by atoms with Gasteiger partial charge in [0.25, 0.3) is 0 Å². The molecule has 4 aromatic carbocycles. The van der Waals surface area contributed by atoms with E-state index in [0.717, 1.165) is 70.6 Å². The van der Waals surface area contributed by atoms with E-state index < -0.39 is 0 Å². The van der Waals surface area contributed by atoms with Gasteiger partial charge in [0.05, 0.1) is 14.2 Å². The van der Waals surface area contributed by atoms with E-state index in [2.05, 4.69) is 132 Å². The van der Waals surface area contributed by atoms with Crippen LogP contribution >= 0.6 is 0 Å². The molecule has 0 heterocycles. The molecule has 0 amide bonds. The van der Waals surface area contributed by atoms with Gasteiger partial charge in [0.15, 0.2) is 0 Å². The van der Waals surface area contributed by atoms with Crippen molar-refractivity contribution in [3.8, 4) is 23.0 Å². The fraction of sp³-hybridized carbons (Fsp3) is 0.520. The molecule has 0 radical (unpaired) electrons. The Bertz CT molecular complexity index is 1840. The Hall–Kier alpha value is -3.92. The minimum atomic E-state index is -0.0918. The number of fused-ring (bicyclic) bond motifs is 8. The van der Waals surface area contributed by atoms with Crippen LogP contribution in [0.4, 0.5) is 0 Å². The Balaban J connectivity index is 1.75. The average molecular weight is 733 g/mol. The zero-order valence-corrected chi connectivity index (χ0v) is 36.0. The Kier molecular flexibility index (Phi) is 11.7. The van der Waals surface area contributed by atoms with Gasteiger partial charge in [-0.2, -0.15) is 0 Å². The van der Waals surface area contributed by atoms with Gasteiger partial charge in [-0.3, -0.25) is 0 Å². The van der Waals surface area contributed by atoms with E-state index in [-0.39, 0.29) is 21.7 Å². The monoisotopic (exact) mass is 733 g/mol. The largest absolute Gasteiger partial charge is 0.507 e. The van der Waals surface area contributed by atoms with E-state index in [1.807, 2.05) is 0 Å². The van der Waals surface area contributed by atoms with Gasteiger partial charge in [0.1, 0.15) is 23.0 Å². The highest BCUT2D eigenvalue weighted by atomic mass is 16.5. The van der Waals surface area contributed by atoms with Gasteiger partial charge in [-0.15, -0.1) is 0 Å². The molecule has 0 aromatic heterocycles. The van der Waals surface area contributed by atoms with E-state index in [4.69, 9.17) is 9.47 Å². The molecule has 4 nitrogen and oxygen atoms in total. The number of aromatic hydroxyl groups is 2. The molecule has 5 rings (SSSR count). The molecule has 4 aromatic rings. The van der Waals surface area contributed by atoms with Crippen LogP contribution in [0.1, 0.15) is 163 Å². The number of benzene rings is 4.